The van der Waals surface area contributed by atoms with Gasteiger partial charge in [-0.05, 0) is 54.3 Å². The summed E-state index contributed by atoms with van der Waals surface area (Å²) >= 11 is 3.55. The van der Waals surface area contributed by atoms with Crippen molar-refractivity contribution in [2.45, 2.75) is 46.8 Å². The molecule has 0 amide bonds. The molecule has 0 aliphatic rings. The van der Waals surface area contributed by atoms with Crippen molar-refractivity contribution in [3.8, 4) is 5.75 Å². The lowest BCUT2D eigenvalue weighted by Crippen LogP contribution is -2.17. The Hall–Kier alpha value is -3.18. The van der Waals surface area contributed by atoms with Gasteiger partial charge in [-0.25, -0.2) is 9.97 Å². The SMILES string of the molecule is CC(c1ccc(Br)cc1)n1c(CC(C)(C)C)nc2cc(OCc3ccc4ccccc4n3)ccc21. The van der Waals surface area contributed by atoms with Gasteiger partial charge < -0.3 is 9.30 Å². The Morgan fingerprint density at radius 3 is 2.43 bits per heavy atom. The van der Waals surface area contributed by atoms with Crippen LogP contribution in [0.2, 0.25) is 0 Å². The minimum absolute atomic E-state index is 0.125. The molecule has 2 aromatic heterocycles. The second kappa shape index (κ2) is 9.46. The Kier molecular flexibility index (Phi) is 6.37. The molecular formula is C30H30BrN3O. The molecule has 1 unspecified atom stereocenters. The lowest BCUT2D eigenvalue weighted by Gasteiger charge is -2.23. The number of pyridine rings is 1. The van der Waals surface area contributed by atoms with Crippen molar-refractivity contribution in [2.24, 2.45) is 5.41 Å². The Morgan fingerprint density at radius 1 is 0.886 bits per heavy atom. The van der Waals surface area contributed by atoms with Crippen molar-refractivity contribution in [1.29, 1.82) is 0 Å². The highest BCUT2D eigenvalue weighted by atomic mass is 79.9. The molecule has 1 atom stereocenters. The third kappa shape index (κ3) is 5.25. The zero-order valence-corrected chi connectivity index (χ0v) is 22.2. The molecule has 35 heavy (non-hydrogen) atoms. The highest BCUT2D eigenvalue weighted by Gasteiger charge is 2.22. The molecule has 2 heterocycles. The Morgan fingerprint density at radius 2 is 1.66 bits per heavy atom. The number of hydrogen-bond acceptors (Lipinski definition) is 3. The van der Waals surface area contributed by atoms with Crippen molar-refractivity contribution in [2.75, 3.05) is 0 Å². The van der Waals surface area contributed by atoms with Crippen LogP contribution in [0.3, 0.4) is 0 Å². The van der Waals surface area contributed by atoms with Gasteiger partial charge >= 0.3 is 0 Å². The molecule has 0 N–H and O–H groups in total. The first-order valence-corrected chi connectivity index (χ1v) is 12.8. The predicted molar refractivity (Wildman–Crippen MR) is 147 cm³/mol. The van der Waals surface area contributed by atoms with Gasteiger partial charge in [-0.15, -0.1) is 0 Å². The Labute approximate surface area is 215 Å². The van der Waals surface area contributed by atoms with Crippen molar-refractivity contribution in [3.05, 3.63) is 100 Å². The maximum Gasteiger partial charge on any atom is 0.130 e. The molecule has 0 bridgehead atoms. The topological polar surface area (TPSA) is 39.9 Å². The average molecular weight is 528 g/mol. The van der Waals surface area contributed by atoms with Crippen LogP contribution in [-0.2, 0) is 13.0 Å². The number of ether oxygens (including phenoxy) is 1. The number of rotatable bonds is 6. The van der Waals surface area contributed by atoms with Crippen molar-refractivity contribution >= 4 is 37.9 Å². The standard InChI is InChI=1S/C30H30BrN3O/c1-20(21-9-12-23(31)13-10-21)34-28-16-15-25(17-27(28)33-29(34)18-30(2,3)4)35-19-24-14-11-22-7-5-6-8-26(22)32-24/h5-17,20H,18-19H2,1-4H3. The minimum atomic E-state index is 0.125. The van der Waals surface area contributed by atoms with Crippen LogP contribution in [0.25, 0.3) is 21.9 Å². The molecule has 5 heteroatoms. The van der Waals surface area contributed by atoms with E-state index in [9.17, 15) is 0 Å². The smallest absolute Gasteiger partial charge is 0.130 e. The van der Waals surface area contributed by atoms with Gasteiger partial charge in [0.05, 0.1) is 28.3 Å². The van der Waals surface area contributed by atoms with Gasteiger partial charge in [0.2, 0.25) is 0 Å². The number of para-hydroxylation sites is 1. The van der Waals surface area contributed by atoms with Crippen molar-refractivity contribution in [1.82, 2.24) is 14.5 Å². The van der Waals surface area contributed by atoms with E-state index < -0.39 is 0 Å². The second-order valence-corrected chi connectivity index (χ2v) is 11.2. The number of aromatic nitrogens is 3. The summed E-state index contributed by atoms with van der Waals surface area (Å²) in [5.74, 6) is 1.90. The lowest BCUT2D eigenvalue weighted by molar-refractivity contribution is 0.302. The van der Waals surface area contributed by atoms with E-state index in [1.807, 2.05) is 36.4 Å². The van der Waals surface area contributed by atoms with Gasteiger partial charge in [-0.2, -0.15) is 0 Å². The maximum atomic E-state index is 6.14. The van der Waals surface area contributed by atoms with Crippen molar-refractivity contribution in [3.63, 3.8) is 0 Å². The Balaban J connectivity index is 1.46. The summed E-state index contributed by atoms with van der Waals surface area (Å²) < 4.78 is 9.60. The second-order valence-electron chi connectivity index (χ2n) is 10.3. The summed E-state index contributed by atoms with van der Waals surface area (Å²) in [6, 6.07) is 27.2. The molecule has 0 saturated heterocycles. The molecular weight excluding hydrogens is 498 g/mol. The summed E-state index contributed by atoms with van der Waals surface area (Å²) in [6.07, 6.45) is 0.889. The van der Waals surface area contributed by atoms with E-state index in [4.69, 9.17) is 14.7 Å². The fourth-order valence-electron chi connectivity index (χ4n) is 4.49. The Bertz CT molecular complexity index is 1480. The van der Waals surface area contributed by atoms with Gasteiger partial charge in [0.15, 0.2) is 0 Å². The van der Waals surface area contributed by atoms with E-state index in [0.717, 1.165) is 50.1 Å². The van der Waals surface area contributed by atoms with Gasteiger partial charge in [-0.1, -0.05) is 73.1 Å². The fourth-order valence-corrected chi connectivity index (χ4v) is 4.75. The zero-order chi connectivity index (χ0) is 24.6. The van der Waals surface area contributed by atoms with Gasteiger partial charge in [0.1, 0.15) is 18.2 Å². The summed E-state index contributed by atoms with van der Waals surface area (Å²) in [4.78, 5) is 9.80. The predicted octanol–water partition coefficient (Wildman–Crippen LogP) is 8.12. The fraction of sp³-hybridized carbons (Fsp3) is 0.267. The number of halogens is 1. The van der Waals surface area contributed by atoms with Crippen LogP contribution in [0, 0.1) is 5.41 Å². The minimum Gasteiger partial charge on any atom is -0.487 e. The molecule has 0 aliphatic carbocycles. The summed E-state index contributed by atoms with van der Waals surface area (Å²) in [7, 11) is 0. The third-order valence-electron chi connectivity index (χ3n) is 6.20. The van der Waals surface area contributed by atoms with Crippen LogP contribution >= 0.6 is 15.9 Å². The van der Waals surface area contributed by atoms with E-state index in [1.54, 1.807) is 0 Å². The number of benzene rings is 3. The normalized spacial score (nSPS) is 12.8. The highest BCUT2D eigenvalue weighted by Crippen LogP contribution is 2.32. The average Bonchev–Trinajstić information content (AvgIpc) is 3.18. The number of nitrogens with zero attached hydrogens (tertiary/aromatic N) is 3. The monoisotopic (exact) mass is 527 g/mol. The molecule has 0 aliphatic heterocycles. The molecule has 5 rings (SSSR count). The van der Waals surface area contributed by atoms with Crippen LogP contribution in [-0.4, -0.2) is 14.5 Å². The van der Waals surface area contributed by atoms with Crippen LogP contribution in [0.5, 0.6) is 5.75 Å². The molecule has 0 saturated carbocycles. The quantitative estimate of drug-likeness (QED) is 0.223. The first-order valence-electron chi connectivity index (χ1n) is 12.0. The van der Waals surface area contributed by atoms with E-state index >= 15 is 0 Å². The van der Waals surface area contributed by atoms with Gasteiger partial charge in [-0.3, -0.25) is 0 Å². The molecule has 0 fully saturated rings. The van der Waals surface area contributed by atoms with Crippen LogP contribution in [0.4, 0.5) is 0 Å². The van der Waals surface area contributed by atoms with E-state index in [1.165, 1.54) is 5.56 Å². The van der Waals surface area contributed by atoms with E-state index in [-0.39, 0.29) is 11.5 Å². The van der Waals surface area contributed by atoms with Gasteiger partial charge in [0, 0.05) is 22.3 Å². The first-order chi connectivity index (χ1) is 16.8. The molecule has 5 aromatic rings. The lowest BCUT2D eigenvalue weighted by atomic mass is 9.91. The number of hydrogen-bond donors (Lipinski definition) is 0. The molecule has 0 radical (unpaired) electrons. The van der Waals surface area contributed by atoms with E-state index in [0.29, 0.717) is 6.61 Å². The van der Waals surface area contributed by atoms with Crippen molar-refractivity contribution < 1.29 is 4.74 Å². The summed E-state index contributed by atoms with van der Waals surface area (Å²) in [5, 5.41) is 1.13. The highest BCUT2D eigenvalue weighted by molar-refractivity contribution is 9.10. The molecule has 3 aromatic carbocycles. The summed E-state index contributed by atoms with van der Waals surface area (Å²) in [5.41, 5.74) is 5.35. The third-order valence-corrected chi connectivity index (χ3v) is 6.73. The zero-order valence-electron chi connectivity index (χ0n) is 20.6. The number of fused-ring (bicyclic) bond motifs is 2. The van der Waals surface area contributed by atoms with Crippen LogP contribution in [0.1, 0.15) is 50.8 Å². The molecule has 178 valence electrons. The largest absolute Gasteiger partial charge is 0.487 e. The molecule has 0 spiro atoms. The van der Waals surface area contributed by atoms with E-state index in [2.05, 4.69) is 90.7 Å². The summed E-state index contributed by atoms with van der Waals surface area (Å²) in [6.45, 7) is 9.43. The van der Waals surface area contributed by atoms with Crippen LogP contribution < -0.4 is 4.74 Å². The number of imidazole rings is 1. The van der Waals surface area contributed by atoms with Crippen LogP contribution in [0.15, 0.2) is 83.3 Å². The molecule has 4 nitrogen and oxygen atoms in total. The van der Waals surface area contributed by atoms with Gasteiger partial charge in [0.25, 0.3) is 0 Å². The first kappa shape index (κ1) is 23.6. The maximum absolute atomic E-state index is 6.14.